The van der Waals surface area contributed by atoms with Crippen molar-refractivity contribution in [1.82, 2.24) is 0 Å². The summed E-state index contributed by atoms with van der Waals surface area (Å²) in [7, 11) is 0. The molecule has 0 saturated carbocycles. The SMILES string of the molecule is O=c1cc2c(O)c3cc(O)c(=O)c4c5c(O)c(O)cc6c(O)c7cc(O)cc8c(c1)c2c(c34)c(c78)c65. The summed E-state index contributed by atoms with van der Waals surface area (Å²) in [5.74, 6) is -2.73. The zero-order valence-corrected chi connectivity index (χ0v) is 18.0. The molecular formula is C28H12O8. The van der Waals surface area contributed by atoms with Crippen LogP contribution in [-0.2, 0) is 0 Å². The maximum absolute atomic E-state index is 13.3. The summed E-state index contributed by atoms with van der Waals surface area (Å²) >= 11 is 0. The van der Waals surface area contributed by atoms with E-state index in [0.29, 0.717) is 32.3 Å². The maximum atomic E-state index is 13.3. The van der Waals surface area contributed by atoms with Gasteiger partial charge in [0.25, 0.3) is 0 Å². The summed E-state index contributed by atoms with van der Waals surface area (Å²) in [4.78, 5) is 26.1. The van der Waals surface area contributed by atoms with Crippen LogP contribution < -0.4 is 10.9 Å². The zero-order valence-electron chi connectivity index (χ0n) is 18.0. The zero-order chi connectivity index (χ0) is 24.9. The largest absolute Gasteiger partial charge is 0.508 e. The van der Waals surface area contributed by atoms with E-state index in [0.717, 1.165) is 6.07 Å². The summed E-state index contributed by atoms with van der Waals surface area (Å²) in [6.07, 6.45) is 0. The molecule has 0 heterocycles. The van der Waals surface area contributed by atoms with Crippen molar-refractivity contribution in [3.63, 3.8) is 0 Å². The van der Waals surface area contributed by atoms with Crippen molar-refractivity contribution >= 4 is 75.4 Å². The van der Waals surface area contributed by atoms with E-state index in [2.05, 4.69) is 0 Å². The van der Waals surface area contributed by atoms with E-state index in [1.807, 2.05) is 0 Å². The normalized spacial score (nSPS) is 12.8. The molecule has 8 nitrogen and oxygen atoms in total. The summed E-state index contributed by atoms with van der Waals surface area (Å²) in [6.45, 7) is 0. The molecular weight excluding hydrogens is 464 g/mol. The molecule has 0 aliphatic carbocycles. The lowest BCUT2D eigenvalue weighted by Gasteiger charge is -2.24. The quantitative estimate of drug-likeness (QED) is 0.106. The fraction of sp³-hybridized carbons (Fsp3) is 0. The second-order valence-corrected chi connectivity index (χ2v) is 9.32. The minimum atomic E-state index is -0.830. The van der Waals surface area contributed by atoms with Crippen LogP contribution in [-0.4, -0.2) is 30.6 Å². The average molecular weight is 476 g/mol. The van der Waals surface area contributed by atoms with Gasteiger partial charge in [0.2, 0.25) is 5.43 Å². The molecule has 0 aliphatic rings. The number of phenols is 6. The van der Waals surface area contributed by atoms with Crippen LogP contribution >= 0.6 is 0 Å². The van der Waals surface area contributed by atoms with Gasteiger partial charge in [-0.15, -0.1) is 0 Å². The summed E-state index contributed by atoms with van der Waals surface area (Å²) in [5.41, 5.74) is -1.24. The molecule has 0 spiro atoms. The van der Waals surface area contributed by atoms with Gasteiger partial charge in [0.15, 0.2) is 22.7 Å². The van der Waals surface area contributed by atoms with Gasteiger partial charge in [-0.2, -0.15) is 0 Å². The summed E-state index contributed by atoms with van der Waals surface area (Å²) in [6, 6.07) is 7.73. The standard InChI is InChI=1S/C28H12O8/c29-7-1-9-10-2-8(30)4-12-18(10)22-20-14(26(12)34)6-16(32)28(36)24(20)23-19-13(5-15(31)27(23)35)25(33)11(3-7)17(9)21(19)22/h1-6,29,31-35H. The minimum Gasteiger partial charge on any atom is -0.508 e. The van der Waals surface area contributed by atoms with Crippen LogP contribution in [0.25, 0.3) is 75.4 Å². The van der Waals surface area contributed by atoms with Gasteiger partial charge in [-0.05, 0) is 47.2 Å². The fourth-order valence-corrected chi connectivity index (χ4v) is 6.30. The van der Waals surface area contributed by atoms with Gasteiger partial charge in [0, 0.05) is 64.6 Å². The van der Waals surface area contributed by atoms with E-state index in [-0.39, 0.29) is 60.3 Å². The highest BCUT2D eigenvalue weighted by Crippen LogP contribution is 2.57. The van der Waals surface area contributed by atoms with Gasteiger partial charge in [0.1, 0.15) is 17.2 Å². The Hall–Kier alpha value is -5.24. The molecule has 0 atom stereocenters. The van der Waals surface area contributed by atoms with Crippen LogP contribution in [0, 0.1) is 0 Å². The molecule has 6 N–H and O–H groups in total. The highest BCUT2D eigenvalue weighted by atomic mass is 16.3. The Morgan fingerprint density at radius 2 is 0.861 bits per heavy atom. The van der Waals surface area contributed by atoms with E-state index in [1.54, 1.807) is 0 Å². The molecule has 8 aromatic rings. The van der Waals surface area contributed by atoms with Crippen LogP contribution in [0.15, 0.2) is 46.0 Å². The molecule has 0 aliphatic heterocycles. The number of hydrogen-bond donors (Lipinski definition) is 6. The highest BCUT2D eigenvalue weighted by molar-refractivity contribution is 6.50. The Kier molecular flexibility index (Phi) is 2.93. The lowest BCUT2D eigenvalue weighted by Crippen LogP contribution is -2.06. The number of phenolic OH excluding ortho intramolecular Hbond substituents is 6. The molecule has 0 amide bonds. The summed E-state index contributed by atoms with van der Waals surface area (Å²) in [5, 5.41) is 68.8. The molecule has 36 heavy (non-hydrogen) atoms. The van der Waals surface area contributed by atoms with Crippen molar-refractivity contribution in [2.45, 2.75) is 0 Å². The van der Waals surface area contributed by atoms with Gasteiger partial charge in [-0.3, -0.25) is 9.59 Å². The lowest BCUT2D eigenvalue weighted by molar-refractivity contribution is 0.408. The van der Waals surface area contributed by atoms with Crippen molar-refractivity contribution in [3.8, 4) is 34.5 Å². The molecule has 0 bridgehead atoms. The van der Waals surface area contributed by atoms with Gasteiger partial charge >= 0.3 is 0 Å². The van der Waals surface area contributed by atoms with Crippen LogP contribution in [0.3, 0.4) is 0 Å². The van der Waals surface area contributed by atoms with Crippen LogP contribution in [0.4, 0.5) is 0 Å². The van der Waals surface area contributed by atoms with E-state index in [4.69, 9.17) is 0 Å². The highest BCUT2D eigenvalue weighted by Gasteiger charge is 2.30. The Morgan fingerprint density at radius 3 is 1.53 bits per heavy atom. The van der Waals surface area contributed by atoms with E-state index in [9.17, 15) is 40.2 Å². The monoisotopic (exact) mass is 476 g/mol. The molecule has 0 radical (unpaired) electrons. The van der Waals surface area contributed by atoms with Gasteiger partial charge in [0.05, 0.1) is 0 Å². The fourth-order valence-electron chi connectivity index (χ4n) is 6.30. The van der Waals surface area contributed by atoms with Crippen molar-refractivity contribution in [1.29, 1.82) is 0 Å². The molecule has 0 saturated heterocycles. The van der Waals surface area contributed by atoms with Gasteiger partial charge in [-0.25, -0.2) is 0 Å². The third-order valence-corrected chi connectivity index (χ3v) is 7.59. The molecule has 8 heteroatoms. The third kappa shape index (κ3) is 1.81. The molecule has 0 aromatic heterocycles. The third-order valence-electron chi connectivity index (χ3n) is 7.59. The van der Waals surface area contributed by atoms with Crippen molar-refractivity contribution in [2.24, 2.45) is 0 Å². The van der Waals surface area contributed by atoms with E-state index >= 15 is 0 Å². The predicted octanol–water partition coefficient (Wildman–Crippen LogP) is 4.46. The predicted molar refractivity (Wildman–Crippen MR) is 136 cm³/mol. The molecule has 8 rings (SSSR count). The first-order valence-electron chi connectivity index (χ1n) is 11.0. The van der Waals surface area contributed by atoms with Crippen molar-refractivity contribution < 1.29 is 30.6 Å². The van der Waals surface area contributed by atoms with Crippen LogP contribution in [0.5, 0.6) is 34.5 Å². The lowest BCUT2D eigenvalue weighted by atomic mass is 9.79. The number of aromatic hydroxyl groups is 6. The van der Waals surface area contributed by atoms with Crippen LogP contribution in [0.2, 0.25) is 0 Å². The first-order chi connectivity index (χ1) is 17.2. The molecule has 8 aromatic carbocycles. The molecule has 0 fully saturated rings. The number of rotatable bonds is 0. The number of benzene rings is 8. The maximum Gasteiger partial charge on any atom is 0.228 e. The Morgan fingerprint density at radius 1 is 0.389 bits per heavy atom. The first kappa shape index (κ1) is 19.1. The van der Waals surface area contributed by atoms with Crippen LogP contribution in [0.1, 0.15) is 0 Å². The second-order valence-electron chi connectivity index (χ2n) is 9.32. The second kappa shape index (κ2) is 5.52. The Labute approximate surface area is 197 Å². The number of fused-ring (bicyclic) bond motifs is 2. The topological polar surface area (TPSA) is 156 Å². The first-order valence-corrected chi connectivity index (χ1v) is 11.0. The Balaban J connectivity index is 2.00. The van der Waals surface area contributed by atoms with Crippen molar-refractivity contribution in [3.05, 3.63) is 56.8 Å². The Bertz CT molecular complexity index is 2410. The van der Waals surface area contributed by atoms with Gasteiger partial charge in [-0.1, -0.05) is 0 Å². The average Bonchev–Trinajstić information content (AvgIpc) is 2.84. The van der Waals surface area contributed by atoms with Crippen molar-refractivity contribution in [2.75, 3.05) is 0 Å². The summed E-state index contributed by atoms with van der Waals surface area (Å²) < 4.78 is 0. The van der Waals surface area contributed by atoms with E-state index in [1.165, 1.54) is 30.3 Å². The van der Waals surface area contributed by atoms with E-state index < -0.39 is 28.1 Å². The minimum absolute atomic E-state index is 0.0859. The molecule has 172 valence electrons. The van der Waals surface area contributed by atoms with Gasteiger partial charge < -0.3 is 30.6 Å². The molecule has 0 unspecified atom stereocenters. The number of hydrogen-bond acceptors (Lipinski definition) is 8. The smallest absolute Gasteiger partial charge is 0.228 e.